The Morgan fingerprint density at radius 1 is 1.03 bits per heavy atom. The molecule has 0 aliphatic rings. The lowest BCUT2D eigenvalue weighted by Crippen LogP contribution is -2.50. The van der Waals surface area contributed by atoms with E-state index in [4.69, 9.17) is 39.5 Å². The van der Waals surface area contributed by atoms with E-state index in [1.165, 1.54) is 4.90 Å². The molecule has 0 saturated carbocycles. The van der Waals surface area contributed by atoms with E-state index in [2.05, 4.69) is 5.32 Å². The standard InChI is InChI=1S/C22H25Cl3N2O3/c1-4-14(2)26-22(29)15(3)27(12-16-9-10-17(23)19(25)11-16)21(28)13-30-20-8-6-5-7-18(20)24/h5-11,14-15H,4,12-13H2,1-3H3,(H,26,29)/t14-,15-/m0/s1. The highest BCUT2D eigenvalue weighted by Gasteiger charge is 2.27. The summed E-state index contributed by atoms with van der Waals surface area (Å²) in [7, 11) is 0. The van der Waals surface area contributed by atoms with Gasteiger partial charge in [0.25, 0.3) is 5.91 Å². The third-order valence-corrected chi connectivity index (χ3v) is 5.74. The zero-order valence-corrected chi connectivity index (χ0v) is 19.4. The molecule has 0 aromatic heterocycles. The van der Waals surface area contributed by atoms with Crippen LogP contribution >= 0.6 is 34.8 Å². The summed E-state index contributed by atoms with van der Waals surface area (Å²) in [5, 5.41) is 4.12. The normalized spacial score (nSPS) is 12.7. The molecule has 5 nitrogen and oxygen atoms in total. The maximum atomic E-state index is 13.0. The molecule has 1 N–H and O–H groups in total. The second-order valence-electron chi connectivity index (χ2n) is 6.98. The van der Waals surface area contributed by atoms with Crippen molar-refractivity contribution in [3.8, 4) is 5.75 Å². The van der Waals surface area contributed by atoms with Crippen LogP contribution in [0.25, 0.3) is 0 Å². The molecule has 0 fully saturated rings. The average Bonchev–Trinajstić information content (AvgIpc) is 2.73. The van der Waals surface area contributed by atoms with Crippen LogP contribution < -0.4 is 10.1 Å². The number of amides is 2. The number of hydrogen-bond donors (Lipinski definition) is 1. The summed E-state index contributed by atoms with van der Waals surface area (Å²) in [4.78, 5) is 27.1. The molecular formula is C22H25Cl3N2O3. The van der Waals surface area contributed by atoms with E-state index in [1.807, 2.05) is 13.8 Å². The largest absolute Gasteiger partial charge is 0.482 e. The Labute approximate surface area is 192 Å². The van der Waals surface area contributed by atoms with Crippen LogP contribution in [0.1, 0.15) is 32.8 Å². The number of para-hydroxylation sites is 1. The van der Waals surface area contributed by atoms with E-state index < -0.39 is 6.04 Å². The molecule has 0 spiro atoms. The van der Waals surface area contributed by atoms with Gasteiger partial charge in [0.05, 0.1) is 15.1 Å². The molecule has 0 saturated heterocycles. The highest BCUT2D eigenvalue weighted by Crippen LogP contribution is 2.25. The fraction of sp³-hybridized carbons (Fsp3) is 0.364. The van der Waals surface area contributed by atoms with Gasteiger partial charge in [-0.3, -0.25) is 9.59 Å². The van der Waals surface area contributed by atoms with Crippen molar-refractivity contribution in [3.05, 3.63) is 63.1 Å². The first-order valence-electron chi connectivity index (χ1n) is 9.64. The SMILES string of the molecule is CC[C@H](C)NC(=O)[C@H](C)N(Cc1ccc(Cl)c(Cl)c1)C(=O)COc1ccccc1Cl. The number of rotatable bonds is 9. The average molecular weight is 472 g/mol. The highest BCUT2D eigenvalue weighted by molar-refractivity contribution is 6.42. The molecule has 0 heterocycles. The lowest BCUT2D eigenvalue weighted by molar-refractivity contribution is -0.142. The van der Waals surface area contributed by atoms with Crippen LogP contribution in [-0.2, 0) is 16.1 Å². The van der Waals surface area contributed by atoms with Gasteiger partial charge in [-0.1, -0.05) is 59.9 Å². The molecule has 2 amide bonds. The maximum Gasteiger partial charge on any atom is 0.261 e. The Balaban J connectivity index is 2.20. The molecule has 0 bridgehead atoms. The minimum atomic E-state index is -0.712. The van der Waals surface area contributed by atoms with Gasteiger partial charge in [0.1, 0.15) is 11.8 Å². The summed E-state index contributed by atoms with van der Waals surface area (Å²) < 4.78 is 5.59. The van der Waals surface area contributed by atoms with E-state index >= 15 is 0 Å². The number of nitrogens with zero attached hydrogens (tertiary/aromatic N) is 1. The number of hydrogen-bond acceptors (Lipinski definition) is 3. The van der Waals surface area contributed by atoms with E-state index in [9.17, 15) is 9.59 Å². The lowest BCUT2D eigenvalue weighted by atomic mass is 10.1. The minimum absolute atomic E-state index is 0.00116. The summed E-state index contributed by atoms with van der Waals surface area (Å²) in [6, 6.07) is 11.3. The first-order chi connectivity index (χ1) is 14.2. The van der Waals surface area contributed by atoms with E-state index in [1.54, 1.807) is 49.4 Å². The predicted octanol–water partition coefficient (Wildman–Crippen LogP) is 5.36. The van der Waals surface area contributed by atoms with E-state index in [0.717, 1.165) is 12.0 Å². The molecule has 2 aromatic carbocycles. The molecular weight excluding hydrogens is 447 g/mol. The van der Waals surface area contributed by atoms with Crippen LogP contribution in [0.4, 0.5) is 0 Å². The second-order valence-corrected chi connectivity index (χ2v) is 8.20. The van der Waals surface area contributed by atoms with Crippen molar-refractivity contribution in [2.45, 2.75) is 45.8 Å². The lowest BCUT2D eigenvalue weighted by Gasteiger charge is -2.29. The fourth-order valence-corrected chi connectivity index (χ4v) is 3.18. The Morgan fingerprint density at radius 2 is 1.73 bits per heavy atom. The monoisotopic (exact) mass is 470 g/mol. The zero-order chi connectivity index (χ0) is 22.3. The van der Waals surface area contributed by atoms with E-state index in [-0.39, 0.29) is 31.0 Å². The van der Waals surface area contributed by atoms with E-state index in [0.29, 0.717) is 20.8 Å². The number of ether oxygens (including phenoxy) is 1. The van der Waals surface area contributed by atoms with Gasteiger partial charge in [-0.25, -0.2) is 0 Å². The van der Waals surface area contributed by atoms with Gasteiger partial charge in [-0.05, 0) is 50.1 Å². The molecule has 2 aromatic rings. The van der Waals surface area contributed by atoms with Crippen LogP contribution in [-0.4, -0.2) is 35.4 Å². The fourth-order valence-electron chi connectivity index (χ4n) is 2.67. The van der Waals surface area contributed by atoms with Gasteiger partial charge in [-0.2, -0.15) is 0 Å². The molecule has 0 unspecified atom stereocenters. The highest BCUT2D eigenvalue weighted by atomic mass is 35.5. The first-order valence-corrected chi connectivity index (χ1v) is 10.8. The Kier molecular flexibility index (Phi) is 9.28. The number of nitrogens with one attached hydrogen (secondary N) is 1. The van der Waals surface area contributed by atoms with Crippen molar-refractivity contribution in [1.29, 1.82) is 0 Å². The van der Waals surface area contributed by atoms with Gasteiger partial charge < -0.3 is 15.0 Å². The number of benzene rings is 2. The van der Waals surface area contributed by atoms with Gasteiger partial charge in [-0.15, -0.1) is 0 Å². The summed E-state index contributed by atoms with van der Waals surface area (Å²) in [6.45, 7) is 5.49. The van der Waals surface area contributed by atoms with Crippen LogP contribution in [0.3, 0.4) is 0 Å². The van der Waals surface area contributed by atoms with Gasteiger partial charge in [0.15, 0.2) is 6.61 Å². The number of carbonyl (C=O) groups excluding carboxylic acids is 2. The molecule has 8 heteroatoms. The number of halogens is 3. The zero-order valence-electron chi connectivity index (χ0n) is 17.1. The quantitative estimate of drug-likeness (QED) is 0.536. The van der Waals surface area contributed by atoms with Crippen molar-refractivity contribution < 1.29 is 14.3 Å². The van der Waals surface area contributed by atoms with Gasteiger partial charge in [0, 0.05) is 12.6 Å². The minimum Gasteiger partial charge on any atom is -0.482 e. The van der Waals surface area contributed by atoms with Crippen LogP contribution in [0.15, 0.2) is 42.5 Å². The topological polar surface area (TPSA) is 58.6 Å². The summed E-state index contributed by atoms with van der Waals surface area (Å²) >= 11 is 18.2. The molecule has 162 valence electrons. The van der Waals surface area contributed by atoms with Gasteiger partial charge >= 0.3 is 0 Å². The molecule has 2 rings (SSSR count). The summed E-state index contributed by atoms with van der Waals surface area (Å²) in [5.41, 5.74) is 0.749. The van der Waals surface area contributed by atoms with Crippen molar-refractivity contribution in [3.63, 3.8) is 0 Å². The number of carbonyl (C=O) groups is 2. The Morgan fingerprint density at radius 3 is 2.37 bits per heavy atom. The molecule has 0 aliphatic heterocycles. The van der Waals surface area contributed by atoms with Gasteiger partial charge in [0.2, 0.25) is 5.91 Å². The first kappa shape index (κ1) is 24.3. The second kappa shape index (κ2) is 11.4. The van der Waals surface area contributed by atoms with Crippen molar-refractivity contribution in [2.24, 2.45) is 0 Å². The molecule has 0 aliphatic carbocycles. The molecule has 2 atom stereocenters. The Bertz CT molecular complexity index is 892. The Hall–Kier alpha value is -1.95. The molecule has 30 heavy (non-hydrogen) atoms. The third-order valence-electron chi connectivity index (χ3n) is 4.69. The van der Waals surface area contributed by atoms with Crippen molar-refractivity contribution in [2.75, 3.05) is 6.61 Å². The third kappa shape index (κ3) is 6.79. The molecule has 0 radical (unpaired) electrons. The van der Waals surface area contributed by atoms with Crippen LogP contribution in [0.5, 0.6) is 5.75 Å². The van der Waals surface area contributed by atoms with Crippen LogP contribution in [0.2, 0.25) is 15.1 Å². The summed E-state index contributed by atoms with van der Waals surface area (Å²) in [6.07, 6.45) is 0.787. The smallest absolute Gasteiger partial charge is 0.261 e. The van der Waals surface area contributed by atoms with Crippen molar-refractivity contribution >= 4 is 46.6 Å². The summed E-state index contributed by atoms with van der Waals surface area (Å²) in [5.74, 6) is -0.193. The maximum absolute atomic E-state index is 13.0. The van der Waals surface area contributed by atoms with Crippen LogP contribution in [0, 0.1) is 0 Å². The van der Waals surface area contributed by atoms with Crippen molar-refractivity contribution in [1.82, 2.24) is 10.2 Å². The predicted molar refractivity (Wildman–Crippen MR) is 121 cm³/mol.